The number of benzene rings is 1. The van der Waals surface area contributed by atoms with Crippen molar-refractivity contribution in [1.29, 1.82) is 0 Å². The number of guanidine groups is 1. The van der Waals surface area contributed by atoms with Gasteiger partial charge in [0.25, 0.3) is 0 Å². The van der Waals surface area contributed by atoms with Gasteiger partial charge in [0, 0.05) is 44.0 Å². The molecule has 0 aliphatic carbocycles. The number of carbonyl (C=O) groups is 1. The van der Waals surface area contributed by atoms with Gasteiger partial charge >= 0.3 is 0 Å². The van der Waals surface area contributed by atoms with Crippen molar-refractivity contribution in [2.75, 3.05) is 19.6 Å². The number of imidazole rings is 1. The average Bonchev–Trinajstić information content (AvgIpc) is 3.35. The molecule has 170 valence electrons. The number of likely N-dealkylation sites (tertiary alicyclic amines) is 1. The largest absolute Gasteiger partial charge is 0.357 e. The number of carbonyl (C=O) groups excluding carboxylic acids is 1. The monoisotopic (exact) mass is 542 g/mol. The van der Waals surface area contributed by atoms with E-state index in [9.17, 15) is 9.18 Å². The minimum atomic E-state index is -0.305. The number of rotatable bonds is 6. The van der Waals surface area contributed by atoms with Gasteiger partial charge in [-0.05, 0) is 38.0 Å². The van der Waals surface area contributed by atoms with Crippen LogP contribution in [0, 0.1) is 18.7 Å². The van der Waals surface area contributed by atoms with Crippen molar-refractivity contribution in [2.45, 2.75) is 46.7 Å². The summed E-state index contributed by atoms with van der Waals surface area (Å²) < 4.78 is 16.3. The Balaban J connectivity index is 0.00000341. The smallest absolute Gasteiger partial charge is 0.225 e. The number of nitrogens with zero attached hydrogens (tertiary/aromatic N) is 4. The number of aromatic nitrogens is 2. The number of halogens is 2. The summed E-state index contributed by atoms with van der Waals surface area (Å²) >= 11 is 0. The van der Waals surface area contributed by atoms with Crippen molar-refractivity contribution in [3.63, 3.8) is 0 Å². The van der Waals surface area contributed by atoms with Crippen molar-refractivity contribution >= 4 is 35.8 Å². The van der Waals surface area contributed by atoms with Crippen LogP contribution in [-0.4, -0.2) is 52.0 Å². The number of hydrogen-bond acceptors (Lipinski definition) is 3. The maximum Gasteiger partial charge on any atom is 0.225 e. The third-order valence-corrected chi connectivity index (χ3v) is 5.20. The summed E-state index contributed by atoms with van der Waals surface area (Å²) in [6.07, 6.45) is 4.28. The molecular formula is C22H32FIN6O. The molecule has 1 atom stereocenters. The van der Waals surface area contributed by atoms with Gasteiger partial charge in [-0.2, -0.15) is 0 Å². The summed E-state index contributed by atoms with van der Waals surface area (Å²) in [5.74, 6) is 1.30. The van der Waals surface area contributed by atoms with Gasteiger partial charge in [-0.15, -0.1) is 24.0 Å². The summed E-state index contributed by atoms with van der Waals surface area (Å²) in [4.78, 5) is 22.8. The lowest BCUT2D eigenvalue weighted by Crippen LogP contribution is -2.45. The van der Waals surface area contributed by atoms with Crippen LogP contribution in [0.3, 0.4) is 0 Å². The Morgan fingerprint density at radius 3 is 2.77 bits per heavy atom. The molecule has 1 aromatic carbocycles. The van der Waals surface area contributed by atoms with Crippen LogP contribution in [0.2, 0.25) is 0 Å². The molecule has 1 aromatic heterocycles. The van der Waals surface area contributed by atoms with E-state index in [4.69, 9.17) is 0 Å². The minimum Gasteiger partial charge on any atom is -0.357 e. The van der Waals surface area contributed by atoms with Gasteiger partial charge in [0.1, 0.15) is 11.6 Å². The summed E-state index contributed by atoms with van der Waals surface area (Å²) in [5.41, 5.74) is 1.26. The van der Waals surface area contributed by atoms with Crippen molar-refractivity contribution in [1.82, 2.24) is 25.1 Å². The standard InChI is InChI=1S/C22H31FN6O.HI/c1-5-24-22(27-18-8-10-28(14-18)21(30)15(2)3)26-13-17-6-7-20(19(23)12-17)29-11-9-25-16(29)4;/h6-7,9,11-12,15,18H,5,8,10,13-14H2,1-4H3,(H2,24,26,27);1H. The highest BCUT2D eigenvalue weighted by molar-refractivity contribution is 14.0. The Morgan fingerprint density at radius 1 is 1.39 bits per heavy atom. The van der Waals surface area contributed by atoms with Gasteiger partial charge in [-0.25, -0.2) is 14.4 Å². The fraction of sp³-hybridized carbons (Fsp3) is 0.500. The first-order valence-corrected chi connectivity index (χ1v) is 10.5. The van der Waals surface area contributed by atoms with Crippen LogP contribution in [0.1, 0.15) is 38.6 Å². The first-order chi connectivity index (χ1) is 14.4. The summed E-state index contributed by atoms with van der Waals surface area (Å²) in [6, 6.07) is 5.31. The topological polar surface area (TPSA) is 74.6 Å². The highest BCUT2D eigenvalue weighted by Gasteiger charge is 2.27. The molecule has 0 radical (unpaired) electrons. The lowest BCUT2D eigenvalue weighted by Gasteiger charge is -2.20. The second-order valence-corrected chi connectivity index (χ2v) is 7.89. The molecule has 2 heterocycles. The van der Waals surface area contributed by atoms with E-state index >= 15 is 0 Å². The van der Waals surface area contributed by atoms with E-state index < -0.39 is 0 Å². The molecule has 0 saturated carbocycles. The third-order valence-electron chi connectivity index (χ3n) is 5.20. The van der Waals surface area contributed by atoms with Gasteiger partial charge in [0.15, 0.2) is 5.96 Å². The van der Waals surface area contributed by atoms with Crippen LogP contribution < -0.4 is 10.6 Å². The molecule has 31 heavy (non-hydrogen) atoms. The number of amides is 1. The molecule has 9 heteroatoms. The maximum atomic E-state index is 14.6. The van der Waals surface area contributed by atoms with Crippen LogP contribution in [0.5, 0.6) is 0 Å². The van der Waals surface area contributed by atoms with Gasteiger partial charge in [0.2, 0.25) is 5.91 Å². The van der Waals surface area contributed by atoms with E-state index in [2.05, 4.69) is 20.6 Å². The van der Waals surface area contributed by atoms with Crippen LogP contribution >= 0.6 is 24.0 Å². The van der Waals surface area contributed by atoms with Crippen molar-refractivity contribution in [2.24, 2.45) is 10.9 Å². The Morgan fingerprint density at radius 2 is 2.16 bits per heavy atom. The summed E-state index contributed by atoms with van der Waals surface area (Å²) in [5, 5.41) is 6.64. The zero-order valence-electron chi connectivity index (χ0n) is 18.6. The van der Waals surface area contributed by atoms with E-state index in [-0.39, 0.29) is 47.7 Å². The molecule has 0 spiro atoms. The highest BCUT2D eigenvalue weighted by Crippen LogP contribution is 2.17. The summed E-state index contributed by atoms with van der Waals surface area (Å²) in [7, 11) is 0. The normalized spacial score (nSPS) is 16.4. The van der Waals surface area contributed by atoms with E-state index in [1.54, 1.807) is 23.0 Å². The molecule has 3 rings (SSSR count). The second kappa shape index (κ2) is 11.4. The van der Waals surface area contributed by atoms with E-state index in [0.29, 0.717) is 24.7 Å². The fourth-order valence-corrected chi connectivity index (χ4v) is 3.60. The number of aliphatic imine (C=N–C) groups is 1. The van der Waals surface area contributed by atoms with Gasteiger partial charge in [-0.3, -0.25) is 4.79 Å². The fourth-order valence-electron chi connectivity index (χ4n) is 3.60. The molecule has 2 aromatic rings. The molecule has 7 nitrogen and oxygen atoms in total. The first-order valence-electron chi connectivity index (χ1n) is 10.5. The second-order valence-electron chi connectivity index (χ2n) is 7.89. The lowest BCUT2D eigenvalue weighted by molar-refractivity contribution is -0.133. The van der Waals surface area contributed by atoms with Crippen molar-refractivity contribution in [3.05, 3.63) is 47.8 Å². The van der Waals surface area contributed by atoms with E-state index in [0.717, 1.165) is 30.9 Å². The molecule has 0 bridgehead atoms. The third kappa shape index (κ3) is 6.41. The maximum absolute atomic E-state index is 14.6. The molecule has 1 amide bonds. The Kier molecular flexibility index (Phi) is 9.27. The van der Waals surface area contributed by atoms with Gasteiger partial charge < -0.3 is 20.1 Å². The Labute approximate surface area is 200 Å². The van der Waals surface area contributed by atoms with Crippen LogP contribution in [0.25, 0.3) is 5.69 Å². The molecule has 1 fully saturated rings. The number of hydrogen-bond donors (Lipinski definition) is 2. The van der Waals surface area contributed by atoms with E-state index in [1.807, 2.05) is 38.7 Å². The van der Waals surface area contributed by atoms with Gasteiger partial charge in [-0.1, -0.05) is 19.9 Å². The predicted molar refractivity (Wildman–Crippen MR) is 131 cm³/mol. The Bertz CT molecular complexity index is 913. The molecule has 1 aliphatic heterocycles. The van der Waals surface area contributed by atoms with E-state index in [1.165, 1.54) is 6.07 Å². The molecule has 1 unspecified atom stereocenters. The zero-order valence-corrected chi connectivity index (χ0v) is 20.9. The number of nitrogens with one attached hydrogen (secondary N) is 2. The SMILES string of the molecule is CCNC(=NCc1ccc(-n2ccnc2C)c(F)c1)NC1CCN(C(=O)C(C)C)C1.I. The molecule has 2 N–H and O–H groups in total. The highest BCUT2D eigenvalue weighted by atomic mass is 127. The summed E-state index contributed by atoms with van der Waals surface area (Å²) in [6.45, 7) is 10.2. The van der Waals surface area contributed by atoms with Crippen LogP contribution in [0.4, 0.5) is 4.39 Å². The Hall–Kier alpha value is -2.17. The molecular weight excluding hydrogens is 510 g/mol. The number of aryl methyl sites for hydroxylation is 1. The van der Waals surface area contributed by atoms with Gasteiger partial charge in [0.05, 0.1) is 12.2 Å². The van der Waals surface area contributed by atoms with Crippen molar-refractivity contribution < 1.29 is 9.18 Å². The molecule has 1 aliphatic rings. The molecule has 1 saturated heterocycles. The predicted octanol–water partition coefficient (Wildman–Crippen LogP) is 3.25. The first kappa shape index (κ1) is 25.1. The lowest BCUT2D eigenvalue weighted by atomic mass is 10.2. The average molecular weight is 542 g/mol. The van der Waals surface area contributed by atoms with Crippen LogP contribution in [0.15, 0.2) is 35.6 Å². The minimum absolute atomic E-state index is 0. The van der Waals surface area contributed by atoms with Crippen molar-refractivity contribution in [3.8, 4) is 5.69 Å². The zero-order chi connectivity index (χ0) is 21.7. The quantitative estimate of drug-likeness (QED) is 0.334. The van der Waals surface area contributed by atoms with Crippen LogP contribution in [-0.2, 0) is 11.3 Å².